The highest BCUT2D eigenvalue weighted by Crippen LogP contribution is 2.36. The number of phosphoric ester groups is 1. The van der Waals surface area contributed by atoms with Crippen molar-refractivity contribution in [2.45, 2.75) is 206 Å². The Bertz CT molecular complexity index is 959. The van der Waals surface area contributed by atoms with Gasteiger partial charge in [-0.1, -0.05) is 179 Å². The Kier molecular flexibility index (Phi) is 36.3. The average Bonchev–Trinajstić information content (AvgIpc) is 3.10. The van der Waals surface area contributed by atoms with Crippen molar-refractivity contribution in [2.24, 2.45) is 0 Å². The fraction of sp³-hybridized carbons (Fsp3) is 0.810. The van der Waals surface area contributed by atoms with Gasteiger partial charge >= 0.3 is 19.8 Å². The first-order chi connectivity index (χ1) is 25.2. The van der Waals surface area contributed by atoms with Crippen molar-refractivity contribution in [3.05, 3.63) is 36.5 Å². The molecule has 0 amide bonds. The van der Waals surface area contributed by atoms with Crippen LogP contribution >= 0.6 is 7.82 Å². The molecule has 52 heavy (non-hydrogen) atoms. The fourth-order valence-electron chi connectivity index (χ4n) is 5.85. The second-order valence-corrected chi connectivity index (χ2v) is 15.4. The molecule has 0 aliphatic heterocycles. The molecular weight excluding hydrogens is 679 g/mol. The van der Waals surface area contributed by atoms with Gasteiger partial charge in [-0.3, -0.25) is 14.1 Å². The minimum Gasteiger partial charge on any atom is -0.462 e. The molecule has 0 aromatic heterocycles. The predicted molar refractivity (Wildman–Crippen MR) is 213 cm³/mol. The molecule has 0 spiro atoms. The number of hydrogen-bond donors (Lipinski definition) is 3. The Hall–Kier alpha value is -1.77. The number of aliphatic hydroxyl groups is 1. The van der Waals surface area contributed by atoms with Gasteiger partial charge in [0.25, 0.3) is 0 Å². The van der Waals surface area contributed by atoms with Crippen molar-refractivity contribution < 1.29 is 43.0 Å². The van der Waals surface area contributed by atoms with Crippen LogP contribution in [0.25, 0.3) is 0 Å². The minimum atomic E-state index is -4.80. The summed E-state index contributed by atoms with van der Waals surface area (Å²) in [6.07, 6.45) is 40.4. The Morgan fingerprint density at radius 2 is 1.10 bits per heavy atom. The lowest BCUT2D eigenvalue weighted by Gasteiger charge is -2.18. The molecule has 0 rings (SSSR count). The van der Waals surface area contributed by atoms with E-state index in [-0.39, 0.29) is 19.4 Å². The molecule has 1 unspecified atom stereocenters. The van der Waals surface area contributed by atoms with Crippen LogP contribution in [0, 0.1) is 0 Å². The van der Waals surface area contributed by atoms with Gasteiger partial charge in [0.1, 0.15) is 6.61 Å². The highest BCUT2D eigenvalue weighted by atomic mass is 31.2. The predicted octanol–water partition coefficient (Wildman–Crippen LogP) is 11.5. The number of esters is 2. The van der Waals surface area contributed by atoms with Gasteiger partial charge in [0.05, 0.1) is 12.7 Å². The van der Waals surface area contributed by atoms with Gasteiger partial charge in [-0.2, -0.15) is 0 Å². The number of phosphoric acid groups is 1. The van der Waals surface area contributed by atoms with E-state index in [9.17, 15) is 19.3 Å². The molecule has 0 aliphatic carbocycles. The third-order valence-corrected chi connectivity index (χ3v) is 9.50. The molecule has 2 atom stereocenters. The summed E-state index contributed by atoms with van der Waals surface area (Å²) in [6, 6.07) is 0. The molecule has 0 aromatic carbocycles. The van der Waals surface area contributed by atoms with Crippen molar-refractivity contribution in [1.29, 1.82) is 0 Å². The summed E-state index contributed by atoms with van der Waals surface area (Å²) in [6.45, 7) is 3.53. The van der Waals surface area contributed by atoms with Crippen molar-refractivity contribution in [1.82, 2.24) is 0 Å². The molecule has 3 N–H and O–H groups in total. The third-order valence-electron chi connectivity index (χ3n) is 9.02. The van der Waals surface area contributed by atoms with Crippen LogP contribution in [0.2, 0.25) is 0 Å². The van der Waals surface area contributed by atoms with Gasteiger partial charge in [0, 0.05) is 12.8 Å². The Morgan fingerprint density at radius 3 is 1.63 bits per heavy atom. The Morgan fingerprint density at radius 1 is 0.596 bits per heavy atom. The number of allylic oxidation sites excluding steroid dienone is 5. The summed E-state index contributed by atoms with van der Waals surface area (Å²) in [5.41, 5.74) is 0. The standard InChI is InChI=1S/C42H77O9P/c1-3-5-7-9-11-13-15-17-18-19-21-23-25-27-29-31-35-41(44)49-37-40(38-50-52(46,47)48)51-42(45)36-32-34-39(43)33-30-28-26-24-22-20-16-14-12-10-8-6-4-2/h20,22,26,28,30,33,39-40,43H,3-19,21,23-25,27,29,31-32,34-38H2,1-2H3,(H2,46,47,48)/b22-20+,28-26+,33-30+/t39?,40-/m1/s1. The maximum Gasteiger partial charge on any atom is 0.469 e. The summed E-state index contributed by atoms with van der Waals surface area (Å²) in [7, 11) is -4.80. The number of aliphatic hydroxyl groups excluding tert-OH is 1. The maximum absolute atomic E-state index is 12.4. The number of rotatable bonds is 38. The smallest absolute Gasteiger partial charge is 0.462 e. The highest BCUT2D eigenvalue weighted by Gasteiger charge is 2.23. The zero-order valence-corrected chi connectivity index (χ0v) is 34.0. The Balaban J connectivity index is 4.09. The molecule has 0 aromatic rings. The van der Waals surface area contributed by atoms with E-state index in [0.29, 0.717) is 19.3 Å². The van der Waals surface area contributed by atoms with Crippen LogP contribution in [0.5, 0.6) is 0 Å². The van der Waals surface area contributed by atoms with Gasteiger partial charge in [-0.05, 0) is 38.5 Å². The topological polar surface area (TPSA) is 140 Å². The van der Waals surface area contributed by atoms with Gasteiger partial charge in [-0.15, -0.1) is 0 Å². The van der Waals surface area contributed by atoms with Crippen molar-refractivity contribution in [3.63, 3.8) is 0 Å². The van der Waals surface area contributed by atoms with Crippen molar-refractivity contribution >= 4 is 19.8 Å². The third kappa shape index (κ3) is 39.4. The number of carbonyl (C=O) groups excluding carboxylic acids is 2. The van der Waals surface area contributed by atoms with E-state index < -0.39 is 38.6 Å². The van der Waals surface area contributed by atoms with Crippen LogP contribution in [-0.2, 0) is 28.2 Å². The second-order valence-electron chi connectivity index (χ2n) is 14.2. The summed E-state index contributed by atoms with van der Waals surface area (Å²) in [4.78, 5) is 42.8. The average molecular weight is 757 g/mol. The van der Waals surface area contributed by atoms with Crippen LogP contribution in [0.15, 0.2) is 36.5 Å². The first-order valence-electron chi connectivity index (χ1n) is 20.9. The largest absolute Gasteiger partial charge is 0.469 e. The first-order valence-corrected chi connectivity index (χ1v) is 22.4. The lowest BCUT2D eigenvalue weighted by Crippen LogP contribution is -2.29. The van der Waals surface area contributed by atoms with E-state index in [1.807, 2.05) is 12.2 Å². The van der Waals surface area contributed by atoms with Crippen LogP contribution in [0.1, 0.15) is 194 Å². The zero-order chi connectivity index (χ0) is 38.4. The molecule has 0 saturated heterocycles. The van der Waals surface area contributed by atoms with Gasteiger partial charge in [0.15, 0.2) is 6.10 Å². The molecule has 10 heteroatoms. The number of hydrogen-bond acceptors (Lipinski definition) is 7. The molecular formula is C42H77O9P. The van der Waals surface area contributed by atoms with E-state index in [0.717, 1.165) is 32.1 Å². The van der Waals surface area contributed by atoms with Gasteiger partial charge in [-0.25, -0.2) is 4.57 Å². The lowest BCUT2D eigenvalue weighted by molar-refractivity contribution is -0.161. The number of carbonyl (C=O) groups is 2. The molecule has 0 bridgehead atoms. The molecule has 0 radical (unpaired) electrons. The lowest BCUT2D eigenvalue weighted by atomic mass is 10.0. The molecule has 0 saturated carbocycles. The van der Waals surface area contributed by atoms with Crippen LogP contribution in [0.4, 0.5) is 0 Å². The molecule has 0 fully saturated rings. The van der Waals surface area contributed by atoms with E-state index in [2.05, 4.69) is 30.5 Å². The fourth-order valence-corrected chi connectivity index (χ4v) is 6.21. The molecule has 0 heterocycles. The van der Waals surface area contributed by atoms with Crippen molar-refractivity contribution in [2.75, 3.05) is 13.2 Å². The number of unbranched alkanes of at least 4 members (excludes halogenated alkanes) is 21. The first kappa shape index (κ1) is 50.2. The molecule has 9 nitrogen and oxygen atoms in total. The minimum absolute atomic E-state index is 0.0102. The second kappa shape index (κ2) is 37.5. The summed E-state index contributed by atoms with van der Waals surface area (Å²) < 4.78 is 26.2. The molecule has 304 valence electrons. The molecule has 0 aliphatic rings. The normalized spacial score (nSPS) is 13.4. The monoisotopic (exact) mass is 757 g/mol. The summed E-state index contributed by atoms with van der Waals surface area (Å²) >= 11 is 0. The summed E-state index contributed by atoms with van der Waals surface area (Å²) in [5, 5.41) is 10.2. The highest BCUT2D eigenvalue weighted by molar-refractivity contribution is 7.46. The zero-order valence-electron chi connectivity index (χ0n) is 33.1. The van der Waals surface area contributed by atoms with Gasteiger partial charge < -0.3 is 24.4 Å². The quantitative estimate of drug-likeness (QED) is 0.0185. The van der Waals surface area contributed by atoms with Crippen LogP contribution < -0.4 is 0 Å². The van der Waals surface area contributed by atoms with E-state index >= 15 is 0 Å². The maximum atomic E-state index is 12.4. The van der Waals surface area contributed by atoms with E-state index in [1.54, 1.807) is 12.2 Å². The van der Waals surface area contributed by atoms with Crippen LogP contribution in [0.3, 0.4) is 0 Å². The van der Waals surface area contributed by atoms with E-state index in [4.69, 9.17) is 19.3 Å². The summed E-state index contributed by atoms with van der Waals surface area (Å²) in [5.74, 6) is -1.08. The van der Waals surface area contributed by atoms with Crippen LogP contribution in [-0.4, -0.2) is 52.3 Å². The SMILES string of the molecule is CCCCCCCC/C=C/C/C=C/C=C/C(O)CCCC(=O)O[C@H](COC(=O)CCCCCCCCCCCCCCCCCC)COP(=O)(O)O. The van der Waals surface area contributed by atoms with E-state index in [1.165, 1.54) is 116 Å². The van der Waals surface area contributed by atoms with Gasteiger partial charge in [0.2, 0.25) is 0 Å². The number of ether oxygens (including phenoxy) is 2. The van der Waals surface area contributed by atoms with Crippen molar-refractivity contribution in [3.8, 4) is 0 Å². The Labute approximate surface area is 317 Å².